The van der Waals surface area contributed by atoms with E-state index in [0.717, 1.165) is 44.1 Å². The van der Waals surface area contributed by atoms with E-state index in [9.17, 15) is 9.90 Å². The van der Waals surface area contributed by atoms with Gasteiger partial charge in [0.15, 0.2) is 13.7 Å². The van der Waals surface area contributed by atoms with Crippen LogP contribution in [0.4, 0.5) is 0 Å². The first kappa shape index (κ1) is 32.9. The maximum absolute atomic E-state index is 13.5. The number of methoxy groups -OCH3 is 1. The van der Waals surface area contributed by atoms with Gasteiger partial charge in [-0.15, -0.1) is 0 Å². The molecule has 40 heavy (non-hydrogen) atoms. The van der Waals surface area contributed by atoms with Crippen LogP contribution in [-0.2, 0) is 4.43 Å². The Balaban J connectivity index is 2.12. The minimum Gasteiger partial charge on any atom is -0.468 e. The fourth-order valence-electron chi connectivity index (χ4n) is 7.52. The minimum absolute atomic E-state index is 0.0783. The SMILES string of the molecule is C=C1CC[C@H]2[C@](C)(CCC=C(C)C)[C@@H](O[Si](C)(C)C(C)(C)C)CC[C@]2(C)[C@@H]1C(O)c1c(OC)oc(C)c(C)c1=O. The Morgan fingerprint density at radius 3 is 2.40 bits per heavy atom. The van der Waals surface area contributed by atoms with Crippen LogP contribution < -0.4 is 10.2 Å². The lowest BCUT2D eigenvalue weighted by molar-refractivity contribution is -0.148. The van der Waals surface area contributed by atoms with Gasteiger partial charge in [-0.05, 0) is 101 Å². The Hall–Kier alpha value is -1.63. The van der Waals surface area contributed by atoms with Crippen molar-refractivity contribution in [1.82, 2.24) is 0 Å². The number of hydrogen-bond donors (Lipinski definition) is 1. The predicted molar refractivity (Wildman–Crippen MR) is 168 cm³/mol. The molecular weight excluding hydrogens is 516 g/mol. The molecule has 1 unspecified atom stereocenters. The topological polar surface area (TPSA) is 68.9 Å². The van der Waals surface area contributed by atoms with Crippen LogP contribution in [0.5, 0.6) is 5.95 Å². The predicted octanol–water partition coefficient (Wildman–Crippen LogP) is 8.82. The van der Waals surface area contributed by atoms with Gasteiger partial charge in [0.25, 0.3) is 5.95 Å². The summed E-state index contributed by atoms with van der Waals surface area (Å²) in [7, 11) is -0.519. The van der Waals surface area contributed by atoms with E-state index in [1.54, 1.807) is 13.8 Å². The van der Waals surface area contributed by atoms with Gasteiger partial charge in [0.05, 0.1) is 19.3 Å². The van der Waals surface area contributed by atoms with Gasteiger partial charge in [0, 0.05) is 11.5 Å². The van der Waals surface area contributed by atoms with E-state index in [4.69, 9.17) is 13.6 Å². The van der Waals surface area contributed by atoms with Gasteiger partial charge in [0.2, 0.25) is 0 Å². The van der Waals surface area contributed by atoms with Crippen molar-refractivity contribution in [2.24, 2.45) is 22.7 Å². The highest BCUT2D eigenvalue weighted by Gasteiger charge is 2.60. The van der Waals surface area contributed by atoms with Crippen molar-refractivity contribution in [3.05, 3.63) is 50.9 Å². The Morgan fingerprint density at radius 1 is 1.23 bits per heavy atom. The van der Waals surface area contributed by atoms with E-state index in [1.807, 2.05) is 0 Å². The summed E-state index contributed by atoms with van der Waals surface area (Å²) in [6, 6.07) is 0. The Kier molecular flexibility index (Phi) is 9.51. The van der Waals surface area contributed by atoms with E-state index >= 15 is 0 Å². The van der Waals surface area contributed by atoms with Crippen molar-refractivity contribution < 1.29 is 18.7 Å². The zero-order valence-electron chi connectivity index (χ0n) is 27.4. The molecule has 0 aromatic carbocycles. The van der Waals surface area contributed by atoms with Crippen molar-refractivity contribution >= 4 is 8.32 Å². The van der Waals surface area contributed by atoms with Crippen LogP contribution in [0.3, 0.4) is 0 Å². The van der Waals surface area contributed by atoms with Gasteiger partial charge >= 0.3 is 0 Å². The zero-order valence-corrected chi connectivity index (χ0v) is 28.4. The fraction of sp³-hybridized carbons (Fsp3) is 0.735. The van der Waals surface area contributed by atoms with Crippen LogP contribution >= 0.6 is 0 Å². The van der Waals surface area contributed by atoms with E-state index in [1.165, 1.54) is 12.7 Å². The third kappa shape index (κ3) is 5.83. The third-order valence-electron chi connectivity index (χ3n) is 11.0. The summed E-state index contributed by atoms with van der Waals surface area (Å²) in [5.74, 6) is 0.658. The van der Waals surface area contributed by atoms with Crippen LogP contribution in [0.25, 0.3) is 0 Å². The molecule has 1 heterocycles. The van der Waals surface area contributed by atoms with E-state index < -0.39 is 14.4 Å². The van der Waals surface area contributed by atoms with Crippen molar-refractivity contribution in [1.29, 1.82) is 0 Å². The highest BCUT2D eigenvalue weighted by molar-refractivity contribution is 6.74. The number of allylic oxidation sites excluding steroid dienone is 2. The van der Waals surface area contributed by atoms with Crippen LogP contribution in [0, 0.1) is 36.5 Å². The zero-order chi connectivity index (χ0) is 30.4. The molecule has 1 aromatic rings. The normalized spacial score (nSPS) is 30.0. The third-order valence-corrected chi connectivity index (χ3v) is 15.5. The summed E-state index contributed by atoms with van der Waals surface area (Å²) < 4.78 is 18.6. The monoisotopic (exact) mass is 572 g/mol. The molecule has 2 aliphatic carbocycles. The lowest BCUT2D eigenvalue weighted by atomic mass is 9.44. The first-order chi connectivity index (χ1) is 18.3. The van der Waals surface area contributed by atoms with Gasteiger partial charge in [-0.1, -0.05) is 58.4 Å². The second-order valence-electron chi connectivity index (χ2n) is 14.9. The summed E-state index contributed by atoms with van der Waals surface area (Å²) in [4.78, 5) is 13.5. The van der Waals surface area contributed by atoms with Crippen LogP contribution in [0.15, 0.2) is 33.0 Å². The molecule has 2 fully saturated rings. The molecule has 1 aromatic heterocycles. The number of hydrogen-bond acceptors (Lipinski definition) is 5. The maximum atomic E-state index is 13.5. The van der Waals surface area contributed by atoms with E-state index in [2.05, 4.69) is 74.2 Å². The molecular formula is C34H56O5Si. The lowest BCUT2D eigenvalue weighted by Crippen LogP contribution is -2.60. The number of aryl methyl sites for hydroxylation is 1. The van der Waals surface area contributed by atoms with E-state index in [0.29, 0.717) is 17.2 Å². The highest BCUT2D eigenvalue weighted by atomic mass is 28.4. The summed E-state index contributed by atoms with van der Waals surface area (Å²) in [6.45, 7) is 28.7. The molecule has 226 valence electrons. The summed E-state index contributed by atoms with van der Waals surface area (Å²) in [5.41, 5.74) is 2.56. The number of ether oxygens (including phenoxy) is 1. The second kappa shape index (κ2) is 11.6. The van der Waals surface area contributed by atoms with Gasteiger partial charge in [0.1, 0.15) is 11.3 Å². The number of rotatable bonds is 8. The molecule has 0 bridgehead atoms. The van der Waals surface area contributed by atoms with Crippen molar-refractivity contribution in [3.63, 3.8) is 0 Å². The Labute approximate surface area is 244 Å². The number of aliphatic hydroxyl groups excluding tert-OH is 1. The molecule has 0 aliphatic heterocycles. The van der Waals surface area contributed by atoms with Crippen molar-refractivity contribution in [2.75, 3.05) is 7.11 Å². The quantitative estimate of drug-likeness (QED) is 0.249. The van der Waals surface area contributed by atoms with Crippen LogP contribution in [0.2, 0.25) is 18.1 Å². The Bertz CT molecular complexity index is 1180. The number of fused-ring (bicyclic) bond motifs is 1. The van der Waals surface area contributed by atoms with Gasteiger partial charge in [-0.3, -0.25) is 4.79 Å². The molecule has 2 saturated carbocycles. The van der Waals surface area contributed by atoms with Gasteiger partial charge in [-0.2, -0.15) is 0 Å². The van der Waals surface area contributed by atoms with Crippen LogP contribution in [0.1, 0.15) is 110 Å². The van der Waals surface area contributed by atoms with Gasteiger partial charge in [-0.25, -0.2) is 0 Å². The summed E-state index contributed by atoms with van der Waals surface area (Å²) >= 11 is 0. The highest BCUT2D eigenvalue weighted by Crippen LogP contribution is 2.65. The number of aliphatic hydroxyl groups is 1. The average Bonchev–Trinajstić information content (AvgIpc) is 2.82. The Morgan fingerprint density at radius 2 is 1.85 bits per heavy atom. The molecule has 1 N–H and O–H groups in total. The second-order valence-corrected chi connectivity index (χ2v) is 19.7. The van der Waals surface area contributed by atoms with E-state index in [-0.39, 0.29) is 44.8 Å². The fourth-order valence-corrected chi connectivity index (χ4v) is 8.97. The standard InChI is InChI=1S/C34H56O5Si/c1-21(2)15-14-19-33(9)25-17-16-22(3)28(30(36)27-29(35)23(4)24(5)38-31(27)37-11)34(25,10)20-18-26(33)39-40(12,13)32(6,7)8/h15,25-26,28,30,36H,3,14,16-20H2,1-2,4-13H3/t25-,26-,28-,30?,33-,34-/m0/s1. The van der Waals surface area contributed by atoms with Crippen molar-refractivity contribution in [3.8, 4) is 5.95 Å². The van der Waals surface area contributed by atoms with Gasteiger partial charge < -0.3 is 18.7 Å². The van der Waals surface area contributed by atoms with Crippen LogP contribution in [-0.4, -0.2) is 26.6 Å². The van der Waals surface area contributed by atoms with Crippen molar-refractivity contribution in [2.45, 2.75) is 131 Å². The summed E-state index contributed by atoms with van der Waals surface area (Å²) in [5, 5.41) is 12.2. The minimum atomic E-state index is -2.01. The molecule has 0 spiro atoms. The molecule has 0 radical (unpaired) electrons. The molecule has 0 amide bonds. The first-order valence-corrected chi connectivity index (χ1v) is 18.1. The molecule has 3 rings (SSSR count). The maximum Gasteiger partial charge on any atom is 0.294 e. The summed E-state index contributed by atoms with van der Waals surface area (Å²) in [6.07, 6.45) is 7.17. The molecule has 0 saturated heterocycles. The first-order valence-electron chi connectivity index (χ1n) is 15.2. The largest absolute Gasteiger partial charge is 0.468 e. The molecule has 6 heteroatoms. The average molecular weight is 573 g/mol. The lowest BCUT2D eigenvalue weighted by Gasteiger charge is -2.63. The molecule has 2 aliphatic rings. The smallest absolute Gasteiger partial charge is 0.294 e. The molecule has 6 atom stereocenters. The molecule has 5 nitrogen and oxygen atoms in total.